The van der Waals surface area contributed by atoms with E-state index in [9.17, 15) is 4.79 Å². The first kappa shape index (κ1) is 14.6. The number of thiazole rings is 1. The van der Waals surface area contributed by atoms with E-state index in [-0.39, 0.29) is 5.91 Å². The van der Waals surface area contributed by atoms with Crippen LogP contribution < -0.4 is 0 Å². The molecular weight excluding hydrogens is 294 g/mol. The van der Waals surface area contributed by atoms with Crippen LogP contribution in [0.15, 0.2) is 0 Å². The number of fused-ring (bicyclic) bond motifs is 4. The summed E-state index contributed by atoms with van der Waals surface area (Å²) < 4.78 is 0. The second-order valence-corrected chi connectivity index (χ2v) is 8.56. The van der Waals surface area contributed by atoms with E-state index in [1.54, 1.807) is 11.3 Å². The number of amides is 1. The highest BCUT2D eigenvalue weighted by molar-refractivity contribution is 7.13. The third-order valence-corrected chi connectivity index (χ3v) is 6.46. The molecule has 0 N–H and O–H groups in total. The molecule has 1 aromatic rings. The first-order chi connectivity index (χ1) is 10.6. The van der Waals surface area contributed by atoms with Crippen molar-refractivity contribution in [3.05, 3.63) is 15.6 Å². The zero-order valence-corrected chi connectivity index (χ0v) is 14.4. The Morgan fingerprint density at radius 1 is 1.18 bits per heavy atom. The van der Waals surface area contributed by atoms with Gasteiger partial charge in [-0.15, -0.1) is 11.3 Å². The standard InChI is InChI=1S/C17H25N3OS/c1-11-16(22-12(2)18-11)17(21)20-9-14-5-6-15(10-20)19(8-14)7-13-3-4-13/h13-15H,3-10H2,1-2H3/t14-,15-/m1/s1. The van der Waals surface area contributed by atoms with Crippen LogP contribution in [0.2, 0.25) is 0 Å². The minimum Gasteiger partial charge on any atom is -0.336 e. The molecule has 0 radical (unpaired) electrons. The fourth-order valence-electron chi connectivity index (χ4n) is 4.07. The van der Waals surface area contributed by atoms with Crippen LogP contribution in [0.5, 0.6) is 0 Å². The topological polar surface area (TPSA) is 36.4 Å². The number of hydrogen-bond donors (Lipinski definition) is 0. The molecule has 5 rings (SSSR count). The maximum Gasteiger partial charge on any atom is 0.265 e. The third kappa shape index (κ3) is 2.81. The van der Waals surface area contributed by atoms with Gasteiger partial charge in [-0.05, 0) is 51.4 Å². The average Bonchev–Trinajstić information content (AvgIpc) is 3.27. The van der Waals surface area contributed by atoms with E-state index in [4.69, 9.17) is 0 Å². The maximum absolute atomic E-state index is 12.9. The van der Waals surface area contributed by atoms with Gasteiger partial charge in [0.15, 0.2) is 0 Å². The summed E-state index contributed by atoms with van der Waals surface area (Å²) in [6.07, 6.45) is 5.38. The van der Waals surface area contributed by atoms with Gasteiger partial charge in [-0.2, -0.15) is 0 Å². The predicted octanol–water partition coefficient (Wildman–Crippen LogP) is 2.71. The van der Waals surface area contributed by atoms with E-state index < -0.39 is 0 Å². The Labute approximate surface area is 136 Å². The van der Waals surface area contributed by atoms with Gasteiger partial charge in [0.2, 0.25) is 0 Å². The molecule has 1 amide bonds. The van der Waals surface area contributed by atoms with Crippen LogP contribution in [0.4, 0.5) is 0 Å². The van der Waals surface area contributed by atoms with E-state index in [1.807, 2.05) is 13.8 Å². The highest BCUT2D eigenvalue weighted by Gasteiger charge is 2.39. The molecule has 4 fully saturated rings. The van der Waals surface area contributed by atoms with E-state index in [0.29, 0.717) is 12.0 Å². The lowest BCUT2D eigenvalue weighted by molar-refractivity contribution is 0.0740. The van der Waals surface area contributed by atoms with Crippen molar-refractivity contribution in [2.75, 3.05) is 26.2 Å². The van der Waals surface area contributed by atoms with Crippen molar-refractivity contribution < 1.29 is 4.79 Å². The van der Waals surface area contributed by atoms with E-state index >= 15 is 0 Å². The molecule has 120 valence electrons. The van der Waals surface area contributed by atoms with Crippen molar-refractivity contribution >= 4 is 17.2 Å². The van der Waals surface area contributed by atoms with Crippen molar-refractivity contribution in [2.45, 2.75) is 45.6 Å². The first-order valence-electron chi connectivity index (χ1n) is 8.57. The number of carbonyl (C=O) groups excluding carboxylic acids is 1. The molecule has 2 atom stereocenters. The first-order valence-corrected chi connectivity index (χ1v) is 9.39. The van der Waals surface area contributed by atoms with Crippen molar-refractivity contribution in [1.29, 1.82) is 0 Å². The van der Waals surface area contributed by atoms with Crippen LogP contribution >= 0.6 is 11.3 Å². The molecule has 1 aliphatic carbocycles. The molecule has 3 saturated heterocycles. The lowest BCUT2D eigenvalue weighted by atomic mass is 9.95. The molecule has 4 nitrogen and oxygen atoms in total. The summed E-state index contributed by atoms with van der Waals surface area (Å²) >= 11 is 1.55. The van der Waals surface area contributed by atoms with Gasteiger partial charge in [0.25, 0.3) is 5.91 Å². The lowest BCUT2D eigenvalue weighted by Crippen LogP contribution is -2.45. The Morgan fingerprint density at radius 2 is 2.00 bits per heavy atom. The molecule has 22 heavy (non-hydrogen) atoms. The van der Waals surface area contributed by atoms with Crippen molar-refractivity contribution in [1.82, 2.24) is 14.8 Å². The van der Waals surface area contributed by atoms with Gasteiger partial charge in [-0.3, -0.25) is 9.69 Å². The second kappa shape index (κ2) is 5.60. The third-order valence-electron chi connectivity index (χ3n) is 5.40. The van der Waals surface area contributed by atoms with Gasteiger partial charge in [0, 0.05) is 32.2 Å². The minimum atomic E-state index is 0.216. The van der Waals surface area contributed by atoms with Crippen LogP contribution in [0.3, 0.4) is 0 Å². The Kier molecular flexibility index (Phi) is 3.73. The Balaban J connectivity index is 1.51. The summed E-state index contributed by atoms with van der Waals surface area (Å²) in [6.45, 7) is 8.26. The number of rotatable bonds is 3. The minimum absolute atomic E-state index is 0.216. The SMILES string of the molecule is Cc1nc(C)c(C(=O)N2C[C@@H]3CC[C@H](C2)N(CC2CC2)C3)s1. The van der Waals surface area contributed by atoms with Crippen molar-refractivity contribution in [3.63, 3.8) is 0 Å². The van der Waals surface area contributed by atoms with E-state index in [0.717, 1.165) is 34.6 Å². The Hall–Kier alpha value is -0.940. The summed E-state index contributed by atoms with van der Waals surface area (Å²) in [5.41, 5.74) is 0.902. The van der Waals surface area contributed by atoms with E-state index in [2.05, 4.69) is 14.8 Å². The Bertz CT molecular complexity index is 580. The highest BCUT2D eigenvalue weighted by atomic mass is 32.1. The summed E-state index contributed by atoms with van der Waals surface area (Å²) in [6, 6.07) is 0.581. The predicted molar refractivity (Wildman–Crippen MR) is 88.3 cm³/mol. The molecule has 4 aliphatic rings. The van der Waals surface area contributed by atoms with Gasteiger partial charge >= 0.3 is 0 Å². The monoisotopic (exact) mass is 319 g/mol. The molecule has 0 aromatic carbocycles. The fraction of sp³-hybridized carbons (Fsp3) is 0.765. The number of piperidine rings is 1. The van der Waals surface area contributed by atoms with Gasteiger partial charge in [0.1, 0.15) is 4.88 Å². The largest absolute Gasteiger partial charge is 0.336 e. The average molecular weight is 319 g/mol. The number of hydrogen-bond acceptors (Lipinski definition) is 4. The van der Waals surface area contributed by atoms with Crippen LogP contribution in [-0.4, -0.2) is 52.9 Å². The highest BCUT2D eigenvalue weighted by Crippen LogP contribution is 2.35. The molecule has 2 bridgehead atoms. The zero-order valence-electron chi connectivity index (χ0n) is 13.5. The van der Waals surface area contributed by atoms with Crippen LogP contribution in [0.25, 0.3) is 0 Å². The molecule has 1 saturated carbocycles. The van der Waals surface area contributed by atoms with Crippen LogP contribution in [0, 0.1) is 25.7 Å². The quantitative estimate of drug-likeness (QED) is 0.859. The zero-order chi connectivity index (χ0) is 15.3. The molecule has 1 aromatic heterocycles. The second-order valence-electron chi connectivity index (χ2n) is 7.35. The van der Waals surface area contributed by atoms with Gasteiger partial charge in [-0.1, -0.05) is 0 Å². The summed E-state index contributed by atoms with van der Waals surface area (Å²) in [4.78, 5) is 23.0. The molecule has 4 heterocycles. The summed E-state index contributed by atoms with van der Waals surface area (Å²) in [7, 11) is 0. The number of nitrogens with zero attached hydrogens (tertiary/aromatic N) is 3. The molecule has 0 spiro atoms. The van der Waals surface area contributed by atoms with Gasteiger partial charge in [-0.25, -0.2) is 4.98 Å². The lowest BCUT2D eigenvalue weighted by Gasteiger charge is -2.36. The number of carbonyl (C=O) groups is 1. The summed E-state index contributed by atoms with van der Waals surface area (Å²) in [5.74, 6) is 1.82. The number of aromatic nitrogens is 1. The van der Waals surface area contributed by atoms with Gasteiger partial charge < -0.3 is 4.90 Å². The molecule has 3 aliphatic heterocycles. The molecular formula is C17H25N3OS. The summed E-state index contributed by atoms with van der Waals surface area (Å²) in [5, 5.41) is 0.994. The normalized spacial score (nSPS) is 28.9. The maximum atomic E-state index is 12.9. The van der Waals surface area contributed by atoms with Crippen LogP contribution in [0.1, 0.15) is 46.1 Å². The van der Waals surface area contributed by atoms with E-state index in [1.165, 1.54) is 38.8 Å². The Morgan fingerprint density at radius 3 is 2.68 bits per heavy atom. The smallest absolute Gasteiger partial charge is 0.265 e. The molecule has 0 unspecified atom stereocenters. The van der Waals surface area contributed by atoms with Crippen molar-refractivity contribution in [2.24, 2.45) is 11.8 Å². The van der Waals surface area contributed by atoms with Gasteiger partial charge in [0.05, 0.1) is 10.7 Å². The molecule has 5 heteroatoms. The number of aryl methyl sites for hydroxylation is 2. The van der Waals surface area contributed by atoms with Crippen LogP contribution in [-0.2, 0) is 0 Å². The van der Waals surface area contributed by atoms with Crippen molar-refractivity contribution in [3.8, 4) is 0 Å². The fourth-order valence-corrected chi connectivity index (χ4v) is 4.96.